The summed E-state index contributed by atoms with van der Waals surface area (Å²) in [5.41, 5.74) is 0. The number of hydrogen-bond donors (Lipinski definition) is 0. The van der Waals surface area contributed by atoms with Crippen LogP contribution in [0.3, 0.4) is 0 Å². The zero-order valence-electron chi connectivity index (χ0n) is 9.88. The van der Waals surface area contributed by atoms with Gasteiger partial charge in [0.25, 0.3) is 0 Å². The number of aryl methyl sites for hydroxylation is 1. The third-order valence-corrected chi connectivity index (χ3v) is 2.00. The summed E-state index contributed by atoms with van der Waals surface area (Å²) >= 11 is 0. The Bertz CT molecular complexity index is 338. The molecule has 1 rings (SSSR count). The predicted octanol–water partition coefficient (Wildman–Crippen LogP) is -0.0104. The molecule has 0 bridgehead atoms. The van der Waals surface area contributed by atoms with E-state index in [1.165, 1.54) is 4.68 Å². The van der Waals surface area contributed by atoms with Gasteiger partial charge in [-0.3, -0.25) is 4.79 Å². The molecule has 0 unspecified atom stereocenters. The summed E-state index contributed by atoms with van der Waals surface area (Å²) in [5, 5.41) is 11.2. The predicted molar refractivity (Wildman–Crippen MR) is 57.9 cm³/mol. The quantitative estimate of drug-likeness (QED) is 0.636. The van der Waals surface area contributed by atoms with Crippen molar-refractivity contribution < 1.29 is 9.53 Å². The van der Waals surface area contributed by atoms with Gasteiger partial charge in [-0.2, -0.15) is 0 Å². The van der Waals surface area contributed by atoms with E-state index in [0.29, 0.717) is 19.1 Å². The molecule has 0 aliphatic rings. The second-order valence-electron chi connectivity index (χ2n) is 3.33. The molecule has 1 heterocycles. The number of aromatic nitrogens is 4. The normalized spacial score (nSPS) is 10.2. The van der Waals surface area contributed by atoms with E-state index in [0.717, 1.165) is 6.42 Å². The zero-order chi connectivity index (χ0) is 12.0. The van der Waals surface area contributed by atoms with Gasteiger partial charge in [-0.15, -0.1) is 0 Å². The molecule has 0 aromatic carbocycles. The van der Waals surface area contributed by atoms with Gasteiger partial charge in [0, 0.05) is 13.6 Å². The molecule has 0 aliphatic carbocycles. The summed E-state index contributed by atoms with van der Waals surface area (Å²) < 4.78 is 6.43. The van der Waals surface area contributed by atoms with Crippen LogP contribution >= 0.6 is 0 Å². The van der Waals surface area contributed by atoms with Crippen molar-refractivity contribution in [3.8, 4) is 0 Å². The van der Waals surface area contributed by atoms with Crippen molar-refractivity contribution >= 4 is 11.9 Å². The third kappa shape index (κ3) is 3.18. The molecule has 0 atom stereocenters. The molecule has 0 amide bonds. The number of ether oxygens (including phenoxy) is 1. The summed E-state index contributed by atoms with van der Waals surface area (Å²) in [6.45, 7) is 5.09. The van der Waals surface area contributed by atoms with E-state index in [2.05, 4.69) is 15.5 Å². The average Bonchev–Trinajstić information content (AvgIpc) is 2.64. The smallest absolute Gasteiger partial charge is 0.325 e. The van der Waals surface area contributed by atoms with Gasteiger partial charge < -0.3 is 9.64 Å². The Morgan fingerprint density at radius 3 is 2.75 bits per heavy atom. The second kappa shape index (κ2) is 6.04. The molecule has 1 aromatic heterocycles. The van der Waals surface area contributed by atoms with Crippen LogP contribution in [0.2, 0.25) is 0 Å². The minimum atomic E-state index is -0.265. The maximum absolute atomic E-state index is 11.4. The molecule has 0 saturated heterocycles. The fourth-order valence-corrected chi connectivity index (χ4v) is 1.37. The number of tetrazole rings is 1. The Morgan fingerprint density at radius 1 is 1.50 bits per heavy atom. The Balaban J connectivity index is 2.68. The Kier molecular flexibility index (Phi) is 4.68. The summed E-state index contributed by atoms with van der Waals surface area (Å²) in [5.74, 6) is 0.314. The Morgan fingerprint density at radius 2 is 2.25 bits per heavy atom. The van der Waals surface area contributed by atoms with Crippen LogP contribution in [-0.2, 0) is 16.6 Å². The number of esters is 1. The fourth-order valence-electron chi connectivity index (χ4n) is 1.37. The number of anilines is 1. The molecular formula is C9H17N5O2. The summed E-state index contributed by atoms with van der Waals surface area (Å²) in [6, 6.07) is 0. The van der Waals surface area contributed by atoms with Crippen LogP contribution in [0.25, 0.3) is 0 Å². The fraction of sp³-hybridized carbons (Fsp3) is 0.778. The van der Waals surface area contributed by atoms with Crippen molar-refractivity contribution in [3.63, 3.8) is 0 Å². The lowest BCUT2D eigenvalue weighted by atomic mass is 10.4. The van der Waals surface area contributed by atoms with Gasteiger partial charge in [-0.1, -0.05) is 12.0 Å². The lowest BCUT2D eigenvalue weighted by Crippen LogP contribution is -2.33. The molecule has 7 heteroatoms. The van der Waals surface area contributed by atoms with Crippen LogP contribution in [0.4, 0.5) is 5.95 Å². The lowest BCUT2D eigenvalue weighted by molar-refractivity contribution is -0.141. The van der Waals surface area contributed by atoms with E-state index in [1.807, 2.05) is 6.92 Å². The summed E-state index contributed by atoms with van der Waals surface area (Å²) in [4.78, 5) is 13.2. The first-order chi connectivity index (χ1) is 7.69. The van der Waals surface area contributed by atoms with E-state index in [-0.39, 0.29) is 12.5 Å². The molecule has 7 nitrogen and oxygen atoms in total. The average molecular weight is 227 g/mol. The van der Waals surface area contributed by atoms with E-state index in [9.17, 15) is 4.79 Å². The Labute approximate surface area is 94.4 Å². The number of carbonyl (C=O) groups is 1. The van der Waals surface area contributed by atoms with Gasteiger partial charge in [0.15, 0.2) is 0 Å². The van der Waals surface area contributed by atoms with E-state index in [4.69, 9.17) is 4.74 Å². The summed E-state index contributed by atoms with van der Waals surface area (Å²) in [7, 11) is 1.74. The van der Waals surface area contributed by atoms with Crippen molar-refractivity contribution in [3.05, 3.63) is 0 Å². The maximum atomic E-state index is 11.4. The van der Waals surface area contributed by atoms with Crippen LogP contribution < -0.4 is 4.90 Å². The summed E-state index contributed by atoms with van der Waals surface area (Å²) in [6.07, 6.45) is 0.909. The minimum Gasteiger partial charge on any atom is -0.465 e. The van der Waals surface area contributed by atoms with Gasteiger partial charge in [-0.05, 0) is 23.8 Å². The van der Waals surface area contributed by atoms with Gasteiger partial charge in [-0.25, -0.2) is 4.68 Å². The van der Waals surface area contributed by atoms with E-state index < -0.39 is 0 Å². The number of nitrogens with zero attached hydrogens (tertiary/aromatic N) is 5. The topological polar surface area (TPSA) is 73.1 Å². The maximum Gasteiger partial charge on any atom is 0.325 e. The molecule has 0 fully saturated rings. The first-order valence-electron chi connectivity index (χ1n) is 5.32. The van der Waals surface area contributed by atoms with Crippen LogP contribution in [0.1, 0.15) is 20.3 Å². The first-order valence-corrected chi connectivity index (χ1v) is 5.32. The van der Waals surface area contributed by atoms with Crippen LogP contribution in [-0.4, -0.2) is 45.9 Å². The molecule has 1 aromatic rings. The minimum absolute atomic E-state index is 0.176. The largest absolute Gasteiger partial charge is 0.465 e. The Hall–Kier alpha value is -1.66. The highest BCUT2D eigenvalue weighted by molar-refractivity contribution is 5.74. The number of rotatable bonds is 6. The molecule has 0 saturated carbocycles. The van der Waals surface area contributed by atoms with Gasteiger partial charge in [0.1, 0.15) is 6.54 Å². The third-order valence-electron chi connectivity index (χ3n) is 2.00. The molecule has 0 aliphatic heterocycles. The molecule has 0 N–H and O–H groups in total. The van der Waals surface area contributed by atoms with Crippen molar-refractivity contribution in [2.45, 2.75) is 20.3 Å². The van der Waals surface area contributed by atoms with Crippen LogP contribution in [0.15, 0.2) is 0 Å². The SMILES string of the molecule is CCCN(CC(=O)OCC)c1nnnn1C. The van der Waals surface area contributed by atoms with Crippen molar-refractivity contribution in [2.75, 3.05) is 24.6 Å². The zero-order valence-corrected chi connectivity index (χ0v) is 9.88. The number of hydrogen-bond acceptors (Lipinski definition) is 6. The first kappa shape index (κ1) is 12.4. The van der Waals surface area contributed by atoms with Crippen molar-refractivity contribution in [1.29, 1.82) is 0 Å². The molecule has 0 spiro atoms. The molecule has 16 heavy (non-hydrogen) atoms. The number of carbonyl (C=O) groups excluding carboxylic acids is 1. The molecular weight excluding hydrogens is 210 g/mol. The highest BCUT2D eigenvalue weighted by atomic mass is 16.5. The second-order valence-corrected chi connectivity index (χ2v) is 3.33. The molecule has 90 valence electrons. The van der Waals surface area contributed by atoms with E-state index in [1.54, 1.807) is 18.9 Å². The lowest BCUT2D eigenvalue weighted by Gasteiger charge is -2.20. The van der Waals surface area contributed by atoms with Gasteiger partial charge in [0.05, 0.1) is 6.61 Å². The molecule has 0 radical (unpaired) electrons. The van der Waals surface area contributed by atoms with Crippen molar-refractivity contribution in [2.24, 2.45) is 7.05 Å². The standard InChI is InChI=1S/C9H17N5O2/c1-4-6-14(7-8(15)16-5-2)9-10-11-12-13(9)3/h4-7H2,1-3H3. The monoisotopic (exact) mass is 227 g/mol. The van der Waals surface area contributed by atoms with Gasteiger partial charge >= 0.3 is 5.97 Å². The highest BCUT2D eigenvalue weighted by Crippen LogP contribution is 2.07. The van der Waals surface area contributed by atoms with Crippen molar-refractivity contribution in [1.82, 2.24) is 20.2 Å². The van der Waals surface area contributed by atoms with Crippen LogP contribution in [0, 0.1) is 0 Å². The van der Waals surface area contributed by atoms with E-state index >= 15 is 0 Å². The highest BCUT2D eigenvalue weighted by Gasteiger charge is 2.16. The van der Waals surface area contributed by atoms with Gasteiger partial charge in [0.2, 0.25) is 5.95 Å². The van der Waals surface area contributed by atoms with Crippen LogP contribution in [0.5, 0.6) is 0 Å².